The molecule has 2 rings (SSSR count). The fourth-order valence-corrected chi connectivity index (χ4v) is 2.74. The Balaban J connectivity index is 1.80. The van der Waals surface area contributed by atoms with Crippen molar-refractivity contribution in [1.29, 1.82) is 0 Å². The van der Waals surface area contributed by atoms with Crippen LogP contribution >= 0.6 is 0 Å². The first-order valence-electron chi connectivity index (χ1n) is 9.16. The lowest BCUT2D eigenvalue weighted by Crippen LogP contribution is -2.47. The SMILES string of the molecule is CC(C)[C@H](NC(=O)Cc1ccccc1)C(=O)OCC(=O)N[C@@H](C)C1CC1. The molecule has 1 fully saturated rings. The molecular formula is C20H28N2O4. The minimum absolute atomic E-state index is 0.104. The second kappa shape index (κ2) is 9.36. The van der Waals surface area contributed by atoms with E-state index < -0.39 is 12.0 Å². The van der Waals surface area contributed by atoms with E-state index in [1.165, 1.54) is 0 Å². The quantitative estimate of drug-likeness (QED) is 0.658. The van der Waals surface area contributed by atoms with Crippen molar-refractivity contribution in [3.05, 3.63) is 35.9 Å². The number of ether oxygens (including phenoxy) is 1. The number of hydrogen-bond acceptors (Lipinski definition) is 4. The number of nitrogens with one attached hydrogen (secondary N) is 2. The molecule has 26 heavy (non-hydrogen) atoms. The molecule has 1 aromatic rings. The Morgan fingerprint density at radius 1 is 1.04 bits per heavy atom. The lowest BCUT2D eigenvalue weighted by Gasteiger charge is -2.21. The fourth-order valence-electron chi connectivity index (χ4n) is 2.74. The third-order valence-electron chi connectivity index (χ3n) is 4.51. The predicted octanol–water partition coefficient (Wildman–Crippen LogP) is 1.83. The Kier molecular flexibility index (Phi) is 7.18. The van der Waals surface area contributed by atoms with Crippen LogP contribution in [0, 0.1) is 11.8 Å². The number of benzene rings is 1. The average Bonchev–Trinajstić information content (AvgIpc) is 3.43. The highest BCUT2D eigenvalue weighted by molar-refractivity contribution is 5.87. The van der Waals surface area contributed by atoms with Gasteiger partial charge in [0.1, 0.15) is 6.04 Å². The van der Waals surface area contributed by atoms with Gasteiger partial charge < -0.3 is 15.4 Å². The summed E-state index contributed by atoms with van der Waals surface area (Å²) >= 11 is 0. The van der Waals surface area contributed by atoms with E-state index in [0.717, 1.165) is 18.4 Å². The van der Waals surface area contributed by atoms with Gasteiger partial charge in [0, 0.05) is 6.04 Å². The van der Waals surface area contributed by atoms with Crippen LogP contribution in [0.3, 0.4) is 0 Å². The first kappa shape index (κ1) is 19.9. The number of rotatable bonds is 9. The van der Waals surface area contributed by atoms with Crippen molar-refractivity contribution in [3.8, 4) is 0 Å². The van der Waals surface area contributed by atoms with Crippen molar-refractivity contribution in [1.82, 2.24) is 10.6 Å². The van der Waals surface area contributed by atoms with Crippen LogP contribution < -0.4 is 10.6 Å². The summed E-state index contributed by atoms with van der Waals surface area (Å²) in [7, 11) is 0. The van der Waals surface area contributed by atoms with Gasteiger partial charge >= 0.3 is 5.97 Å². The summed E-state index contributed by atoms with van der Waals surface area (Å²) < 4.78 is 5.11. The maximum Gasteiger partial charge on any atom is 0.329 e. The van der Waals surface area contributed by atoms with Gasteiger partial charge in [-0.1, -0.05) is 44.2 Å². The Labute approximate surface area is 154 Å². The number of esters is 1. The maximum absolute atomic E-state index is 12.3. The molecule has 0 spiro atoms. The summed E-state index contributed by atoms with van der Waals surface area (Å²) in [6, 6.07) is 8.63. The summed E-state index contributed by atoms with van der Waals surface area (Å²) in [6.07, 6.45) is 2.45. The van der Waals surface area contributed by atoms with Gasteiger partial charge in [0.2, 0.25) is 5.91 Å². The molecule has 6 nitrogen and oxygen atoms in total. The highest BCUT2D eigenvalue weighted by Crippen LogP contribution is 2.32. The minimum Gasteiger partial charge on any atom is -0.454 e. The summed E-state index contributed by atoms with van der Waals surface area (Å²) in [5, 5.41) is 5.55. The predicted molar refractivity (Wildman–Crippen MR) is 98.2 cm³/mol. The second-order valence-corrected chi connectivity index (χ2v) is 7.25. The maximum atomic E-state index is 12.3. The zero-order valence-electron chi connectivity index (χ0n) is 15.7. The lowest BCUT2D eigenvalue weighted by atomic mass is 10.0. The van der Waals surface area contributed by atoms with Gasteiger partial charge in [-0.3, -0.25) is 9.59 Å². The molecule has 0 aromatic heterocycles. The summed E-state index contributed by atoms with van der Waals surface area (Å²) in [5.41, 5.74) is 0.870. The molecule has 1 aliphatic carbocycles. The zero-order valence-corrected chi connectivity index (χ0v) is 15.7. The Morgan fingerprint density at radius 2 is 1.69 bits per heavy atom. The van der Waals surface area contributed by atoms with E-state index in [4.69, 9.17) is 4.74 Å². The minimum atomic E-state index is -0.778. The van der Waals surface area contributed by atoms with Crippen LogP contribution in [0.1, 0.15) is 39.2 Å². The van der Waals surface area contributed by atoms with Crippen LogP contribution in [0.25, 0.3) is 0 Å². The molecule has 0 aliphatic heterocycles. The summed E-state index contributed by atoms with van der Waals surface area (Å²) in [6.45, 7) is 5.28. The molecule has 2 N–H and O–H groups in total. The molecule has 0 unspecified atom stereocenters. The Morgan fingerprint density at radius 3 is 2.27 bits per heavy atom. The Bertz CT molecular complexity index is 626. The van der Waals surface area contributed by atoms with Crippen molar-refractivity contribution in [3.63, 3.8) is 0 Å². The molecule has 0 heterocycles. The third-order valence-corrected chi connectivity index (χ3v) is 4.51. The molecule has 0 radical (unpaired) electrons. The monoisotopic (exact) mass is 360 g/mol. The zero-order chi connectivity index (χ0) is 19.1. The van der Waals surface area contributed by atoms with Crippen molar-refractivity contribution in [2.24, 2.45) is 11.8 Å². The smallest absolute Gasteiger partial charge is 0.329 e. The van der Waals surface area contributed by atoms with Crippen LogP contribution in [0.2, 0.25) is 0 Å². The molecule has 142 valence electrons. The first-order valence-corrected chi connectivity index (χ1v) is 9.16. The number of amides is 2. The van der Waals surface area contributed by atoms with E-state index in [1.807, 2.05) is 51.1 Å². The van der Waals surface area contributed by atoms with Gasteiger partial charge in [-0.25, -0.2) is 4.79 Å². The van der Waals surface area contributed by atoms with Crippen LogP contribution in [-0.2, 0) is 25.5 Å². The van der Waals surface area contributed by atoms with E-state index in [2.05, 4.69) is 10.6 Å². The molecule has 1 saturated carbocycles. The highest BCUT2D eigenvalue weighted by atomic mass is 16.5. The van der Waals surface area contributed by atoms with Crippen LogP contribution in [-0.4, -0.2) is 36.5 Å². The van der Waals surface area contributed by atoms with Gasteiger partial charge in [-0.05, 0) is 37.2 Å². The van der Waals surface area contributed by atoms with Gasteiger partial charge in [-0.2, -0.15) is 0 Å². The van der Waals surface area contributed by atoms with Crippen molar-refractivity contribution in [2.75, 3.05) is 6.61 Å². The lowest BCUT2D eigenvalue weighted by molar-refractivity contribution is -0.153. The molecule has 2 amide bonds. The highest BCUT2D eigenvalue weighted by Gasteiger charge is 2.30. The number of hydrogen-bond donors (Lipinski definition) is 2. The van der Waals surface area contributed by atoms with Crippen LogP contribution in [0.5, 0.6) is 0 Å². The van der Waals surface area contributed by atoms with E-state index >= 15 is 0 Å². The van der Waals surface area contributed by atoms with Crippen LogP contribution in [0.15, 0.2) is 30.3 Å². The molecule has 0 saturated heterocycles. The molecule has 6 heteroatoms. The van der Waals surface area contributed by atoms with E-state index in [9.17, 15) is 14.4 Å². The normalized spacial score (nSPS) is 15.8. The topological polar surface area (TPSA) is 84.5 Å². The molecule has 2 atom stereocenters. The summed E-state index contributed by atoms with van der Waals surface area (Å²) in [5.74, 6) is -0.754. The largest absolute Gasteiger partial charge is 0.454 e. The first-order chi connectivity index (χ1) is 12.4. The summed E-state index contributed by atoms with van der Waals surface area (Å²) in [4.78, 5) is 36.4. The fraction of sp³-hybridized carbons (Fsp3) is 0.550. The van der Waals surface area contributed by atoms with E-state index in [0.29, 0.717) is 5.92 Å². The van der Waals surface area contributed by atoms with Gasteiger partial charge in [0.05, 0.1) is 6.42 Å². The van der Waals surface area contributed by atoms with Crippen molar-refractivity contribution < 1.29 is 19.1 Å². The third kappa shape index (κ3) is 6.50. The number of carbonyl (C=O) groups is 3. The van der Waals surface area contributed by atoms with E-state index in [1.54, 1.807) is 0 Å². The standard InChI is InChI=1S/C20H28N2O4/c1-13(2)19(22-17(23)11-15-7-5-4-6-8-15)20(25)26-12-18(24)21-14(3)16-9-10-16/h4-8,13-14,16,19H,9-12H2,1-3H3,(H,21,24)(H,22,23)/t14-,19-/m0/s1. The van der Waals surface area contributed by atoms with E-state index in [-0.39, 0.29) is 36.8 Å². The Hall–Kier alpha value is -2.37. The molecule has 1 aromatic carbocycles. The molecule has 1 aliphatic rings. The van der Waals surface area contributed by atoms with Crippen molar-refractivity contribution >= 4 is 17.8 Å². The van der Waals surface area contributed by atoms with Crippen molar-refractivity contribution in [2.45, 2.75) is 52.1 Å². The second-order valence-electron chi connectivity index (χ2n) is 7.25. The molecular weight excluding hydrogens is 332 g/mol. The van der Waals surface area contributed by atoms with Crippen LogP contribution in [0.4, 0.5) is 0 Å². The van der Waals surface area contributed by atoms with Gasteiger partial charge in [0.15, 0.2) is 6.61 Å². The van der Waals surface area contributed by atoms with Gasteiger partial charge in [-0.15, -0.1) is 0 Å². The van der Waals surface area contributed by atoms with Gasteiger partial charge in [0.25, 0.3) is 5.91 Å². The molecule has 0 bridgehead atoms. The average molecular weight is 360 g/mol. The number of carbonyl (C=O) groups excluding carboxylic acids is 3.